The highest BCUT2D eigenvalue weighted by Crippen LogP contribution is 2.40. The maximum absolute atomic E-state index is 14.0. The first-order valence-corrected chi connectivity index (χ1v) is 11.1. The van der Waals surface area contributed by atoms with E-state index in [9.17, 15) is 18.8 Å². The van der Waals surface area contributed by atoms with Crippen molar-refractivity contribution in [2.75, 3.05) is 20.1 Å². The van der Waals surface area contributed by atoms with Gasteiger partial charge in [0.15, 0.2) is 11.5 Å². The van der Waals surface area contributed by atoms with E-state index in [1.165, 1.54) is 25.2 Å². The quantitative estimate of drug-likeness (QED) is 0.570. The van der Waals surface area contributed by atoms with E-state index in [0.717, 1.165) is 23.3 Å². The van der Waals surface area contributed by atoms with Crippen molar-refractivity contribution in [1.82, 2.24) is 14.8 Å². The fourth-order valence-electron chi connectivity index (χ4n) is 4.98. The topological polar surface area (TPSA) is 83.7 Å². The molecular weight excluding hydrogens is 425 g/mol. The van der Waals surface area contributed by atoms with Crippen LogP contribution in [0.25, 0.3) is 11.1 Å². The van der Waals surface area contributed by atoms with Crippen LogP contribution < -0.4 is 0 Å². The van der Waals surface area contributed by atoms with Gasteiger partial charge in [-0.3, -0.25) is 19.3 Å². The number of amides is 3. The van der Waals surface area contributed by atoms with Crippen molar-refractivity contribution in [3.63, 3.8) is 0 Å². The predicted octanol–water partition coefficient (Wildman–Crippen LogP) is 3.39. The van der Waals surface area contributed by atoms with Crippen LogP contribution in [0.1, 0.15) is 43.1 Å². The molecule has 0 unspecified atom stereocenters. The Balaban J connectivity index is 1.40. The maximum Gasteiger partial charge on any atom is 0.240 e. The van der Waals surface area contributed by atoms with Gasteiger partial charge < -0.3 is 9.32 Å². The van der Waals surface area contributed by atoms with Crippen LogP contribution in [0.5, 0.6) is 0 Å². The summed E-state index contributed by atoms with van der Waals surface area (Å²) in [6.07, 6.45) is 1.27. The standard InChI is InChI=1S/C25H24FN3O4/c1-28-21(30)13-25(24(28)32,17-7-4-8-18(26)12-17)14-22(31)29-11-5-6-16(15-29)23-27-19-9-2-3-10-20(19)33-23/h2-4,7-10,12,16H,5-6,11,13-15H2,1H3/t16-,25+/m0/s1. The van der Waals surface area contributed by atoms with Gasteiger partial charge in [0.05, 0.1) is 11.3 Å². The number of fused-ring (bicyclic) bond motifs is 1. The van der Waals surface area contributed by atoms with E-state index in [1.54, 1.807) is 11.0 Å². The first-order valence-electron chi connectivity index (χ1n) is 11.1. The molecule has 33 heavy (non-hydrogen) atoms. The molecule has 2 aliphatic rings. The number of halogens is 1. The van der Waals surface area contributed by atoms with Crippen LogP contribution in [0.15, 0.2) is 52.9 Å². The molecule has 2 atom stereocenters. The third-order valence-electron chi connectivity index (χ3n) is 6.81. The summed E-state index contributed by atoms with van der Waals surface area (Å²) < 4.78 is 19.9. The molecule has 7 nitrogen and oxygen atoms in total. The smallest absolute Gasteiger partial charge is 0.240 e. The van der Waals surface area contributed by atoms with Crippen LogP contribution in [-0.2, 0) is 19.8 Å². The van der Waals surface area contributed by atoms with Crippen molar-refractivity contribution >= 4 is 28.8 Å². The Bertz CT molecular complexity index is 1220. The molecule has 2 saturated heterocycles. The third-order valence-corrected chi connectivity index (χ3v) is 6.81. The second kappa shape index (κ2) is 8.10. The Kier molecular flexibility index (Phi) is 5.23. The van der Waals surface area contributed by atoms with Gasteiger partial charge in [-0.25, -0.2) is 9.37 Å². The van der Waals surface area contributed by atoms with Crippen molar-refractivity contribution in [2.45, 2.75) is 37.0 Å². The van der Waals surface area contributed by atoms with E-state index < -0.39 is 17.1 Å². The van der Waals surface area contributed by atoms with Crippen LogP contribution in [0.4, 0.5) is 4.39 Å². The largest absolute Gasteiger partial charge is 0.440 e. The first-order chi connectivity index (χ1) is 15.9. The van der Waals surface area contributed by atoms with E-state index in [-0.39, 0.29) is 30.6 Å². The number of para-hydroxylation sites is 2. The normalized spacial score (nSPS) is 23.5. The Morgan fingerprint density at radius 3 is 2.76 bits per heavy atom. The average molecular weight is 449 g/mol. The van der Waals surface area contributed by atoms with Crippen LogP contribution >= 0.6 is 0 Å². The minimum Gasteiger partial charge on any atom is -0.440 e. The number of nitrogens with zero attached hydrogens (tertiary/aromatic N) is 3. The molecule has 0 bridgehead atoms. The SMILES string of the molecule is CN1C(=O)C[C@@](CC(=O)N2CCC[C@H](c3nc4ccccc4o3)C2)(c2cccc(F)c2)C1=O. The monoisotopic (exact) mass is 449 g/mol. The number of piperidine rings is 1. The number of aromatic nitrogens is 1. The minimum absolute atomic E-state index is 0.0520. The molecule has 1 aromatic heterocycles. The van der Waals surface area contributed by atoms with Gasteiger partial charge in [0, 0.05) is 33.0 Å². The predicted molar refractivity (Wildman–Crippen MR) is 118 cm³/mol. The summed E-state index contributed by atoms with van der Waals surface area (Å²) >= 11 is 0. The van der Waals surface area contributed by atoms with E-state index in [4.69, 9.17) is 4.42 Å². The number of imide groups is 1. The first kappa shape index (κ1) is 21.3. The molecule has 0 radical (unpaired) electrons. The lowest BCUT2D eigenvalue weighted by atomic mass is 9.75. The Labute approximate surface area is 190 Å². The van der Waals surface area contributed by atoms with Gasteiger partial charge in [0.25, 0.3) is 0 Å². The molecule has 0 N–H and O–H groups in total. The third kappa shape index (κ3) is 3.69. The molecule has 170 valence electrons. The number of rotatable bonds is 4. The zero-order valence-electron chi connectivity index (χ0n) is 18.3. The van der Waals surface area contributed by atoms with Crippen molar-refractivity contribution in [2.24, 2.45) is 0 Å². The molecule has 2 fully saturated rings. The molecule has 5 rings (SSSR count). The van der Waals surface area contributed by atoms with Crippen LogP contribution in [-0.4, -0.2) is 52.6 Å². The highest BCUT2D eigenvalue weighted by Gasteiger charge is 2.53. The molecular formula is C25H24FN3O4. The van der Waals surface area contributed by atoms with Gasteiger partial charge >= 0.3 is 0 Å². The number of carbonyl (C=O) groups excluding carboxylic acids is 3. The molecule has 0 saturated carbocycles. The lowest BCUT2D eigenvalue weighted by Gasteiger charge is -2.34. The molecule has 0 aliphatic carbocycles. The molecule has 3 heterocycles. The van der Waals surface area contributed by atoms with Crippen LogP contribution in [0.2, 0.25) is 0 Å². The molecule has 0 spiro atoms. The zero-order chi connectivity index (χ0) is 23.2. The summed E-state index contributed by atoms with van der Waals surface area (Å²) in [6, 6.07) is 13.2. The second-order valence-electron chi connectivity index (χ2n) is 8.90. The van der Waals surface area contributed by atoms with Crippen molar-refractivity contribution in [3.05, 3.63) is 65.8 Å². The summed E-state index contributed by atoms with van der Waals surface area (Å²) in [5.41, 5.74) is 0.444. The number of hydrogen-bond acceptors (Lipinski definition) is 5. The summed E-state index contributed by atoms with van der Waals surface area (Å²) in [6.45, 7) is 0.968. The average Bonchev–Trinajstić information content (AvgIpc) is 3.35. The van der Waals surface area contributed by atoms with Crippen molar-refractivity contribution in [3.8, 4) is 0 Å². The molecule has 3 aromatic rings. The van der Waals surface area contributed by atoms with E-state index in [1.807, 2.05) is 24.3 Å². The van der Waals surface area contributed by atoms with Gasteiger partial charge in [-0.05, 0) is 42.7 Å². The number of carbonyl (C=O) groups is 3. The number of likely N-dealkylation sites (N-methyl/N-ethyl adjacent to an activating group) is 1. The highest BCUT2D eigenvalue weighted by molar-refractivity contribution is 6.10. The number of likely N-dealkylation sites (tertiary alicyclic amines) is 2. The number of hydrogen-bond donors (Lipinski definition) is 0. The van der Waals surface area contributed by atoms with E-state index >= 15 is 0 Å². The molecule has 2 aliphatic heterocycles. The molecule has 8 heteroatoms. The second-order valence-corrected chi connectivity index (χ2v) is 8.90. The molecule has 2 aromatic carbocycles. The van der Waals surface area contributed by atoms with Crippen LogP contribution in [0.3, 0.4) is 0 Å². The number of oxazole rings is 1. The fraction of sp³-hybridized carbons (Fsp3) is 0.360. The van der Waals surface area contributed by atoms with Gasteiger partial charge in [-0.2, -0.15) is 0 Å². The molecule has 3 amide bonds. The zero-order valence-corrected chi connectivity index (χ0v) is 18.3. The Morgan fingerprint density at radius 2 is 2.03 bits per heavy atom. The van der Waals surface area contributed by atoms with Gasteiger partial charge in [0.1, 0.15) is 11.3 Å². The van der Waals surface area contributed by atoms with E-state index in [2.05, 4.69) is 4.98 Å². The fourth-order valence-corrected chi connectivity index (χ4v) is 4.98. The summed E-state index contributed by atoms with van der Waals surface area (Å²) in [5, 5.41) is 0. The lowest BCUT2D eigenvalue weighted by Crippen LogP contribution is -2.45. The van der Waals surface area contributed by atoms with Crippen LogP contribution in [0, 0.1) is 5.82 Å². The summed E-state index contributed by atoms with van der Waals surface area (Å²) in [4.78, 5) is 46.3. The van der Waals surface area contributed by atoms with Gasteiger partial charge in [0.2, 0.25) is 17.7 Å². The number of benzene rings is 2. The lowest BCUT2D eigenvalue weighted by molar-refractivity contribution is -0.142. The highest BCUT2D eigenvalue weighted by atomic mass is 19.1. The van der Waals surface area contributed by atoms with Crippen molar-refractivity contribution in [1.29, 1.82) is 0 Å². The summed E-state index contributed by atoms with van der Waals surface area (Å²) in [5.74, 6) is -1.05. The minimum atomic E-state index is -1.39. The summed E-state index contributed by atoms with van der Waals surface area (Å²) in [7, 11) is 1.40. The Morgan fingerprint density at radius 1 is 1.21 bits per heavy atom. The van der Waals surface area contributed by atoms with E-state index in [0.29, 0.717) is 30.1 Å². The Hall–Kier alpha value is -3.55. The van der Waals surface area contributed by atoms with Gasteiger partial charge in [-0.15, -0.1) is 0 Å². The van der Waals surface area contributed by atoms with Crippen molar-refractivity contribution < 1.29 is 23.2 Å². The van der Waals surface area contributed by atoms with Gasteiger partial charge in [-0.1, -0.05) is 24.3 Å². The maximum atomic E-state index is 14.0.